The lowest BCUT2D eigenvalue weighted by molar-refractivity contribution is -0.134. The number of carbonyl (C=O) groups is 4. The van der Waals surface area contributed by atoms with Gasteiger partial charge in [0.2, 0.25) is 0 Å². The van der Waals surface area contributed by atoms with Gasteiger partial charge in [-0.25, -0.2) is 9.59 Å². The van der Waals surface area contributed by atoms with Crippen molar-refractivity contribution in [3.05, 3.63) is 48.1 Å². The van der Waals surface area contributed by atoms with Gasteiger partial charge in [0, 0.05) is 36.6 Å². The van der Waals surface area contributed by atoms with E-state index in [9.17, 15) is 19.2 Å². The summed E-state index contributed by atoms with van der Waals surface area (Å²) in [6.45, 7) is 8.30. The molecule has 8 nitrogen and oxygen atoms in total. The van der Waals surface area contributed by atoms with Crippen LogP contribution in [0.25, 0.3) is 0 Å². The number of amides is 2. The number of ether oxygens (including phenoxy) is 2. The Kier molecular flexibility index (Phi) is 7.16. The zero-order valence-electron chi connectivity index (χ0n) is 23.1. The molecule has 0 saturated heterocycles. The maximum Gasteiger partial charge on any atom is 0.412 e. The second kappa shape index (κ2) is 10.3. The Morgan fingerprint density at radius 1 is 1.13 bits per heavy atom. The van der Waals surface area contributed by atoms with Crippen LogP contribution < -0.4 is 15.4 Å². The summed E-state index contributed by atoms with van der Waals surface area (Å²) in [7, 11) is 0. The van der Waals surface area contributed by atoms with Crippen LogP contribution in [0.3, 0.4) is 0 Å². The lowest BCUT2D eigenvalue weighted by Gasteiger charge is -2.58. The minimum Gasteiger partial charge on any atom is -0.446 e. The zero-order chi connectivity index (χ0) is 27.9. The van der Waals surface area contributed by atoms with Gasteiger partial charge in [0.1, 0.15) is 17.6 Å². The number of hydrogen-bond acceptors (Lipinski definition) is 6. The fourth-order valence-corrected chi connectivity index (χ4v) is 8.08. The first-order valence-corrected chi connectivity index (χ1v) is 14.0. The summed E-state index contributed by atoms with van der Waals surface area (Å²) in [6.07, 6.45) is 8.08. The van der Waals surface area contributed by atoms with E-state index in [0.717, 1.165) is 18.4 Å². The molecule has 4 aliphatic carbocycles. The fraction of sp³-hybridized carbons (Fsp3) is 0.548. The van der Waals surface area contributed by atoms with Crippen molar-refractivity contribution in [2.75, 3.05) is 11.9 Å². The predicted octanol–water partition coefficient (Wildman–Crippen LogP) is 5.84. The van der Waals surface area contributed by atoms with E-state index in [1.54, 1.807) is 44.2 Å². The molecule has 0 bridgehead atoms. The van der Waals surface area contributed by atoms with Crippen LogP contribution in [0, 0.1) is 34.5 Å². The maximum atomic E-state index is 13.3. The molecule has 4 aliphatic rings. The number of rotatable bonds is 5. The first-order chi connectivity index (χ1) is 18.5. The average molecular weight is 535 g/mol. The predicted molar refractivity (Wildman–Crippen MR) is 146 cm³/mol. The summed E-state index contributed by atoms with van der Waals surface area (Å²) in [5.41, 5.74) is 0.882. The van der Waals surface area contributed by atoms with Crippen molar-refractivity contribution >= 4 is 29.4 Å². The molecule has 208 valence electrons. The van der Waals surface area contributed by atoms with Crippen molar-refractivity contribution in [3.63, 3.8) is 0 Å². The molecule has 0 spiro atoms. The Balaban J connectivity index is 1.42. The molecular weight excluding hydrogens is 496 g/mol. The van der Waals surface area contributed by atoms with E-state index in [1.165, 1.54) is 0 Å². The molecule has 39 heavy (non-hydrogen) atoms. The van der Waals surface area contributed by atoms with Gasteiger partial charge in [-0.1, -0.05) is 32.1 Å². The van der Waals surface area contributed by atoms with Crippen LogP contribution >= 0.6 is 0 Å². The lowest BCUT2D eigenvalue weighted by atomic mass is 9.47. The molecule has 2 N–H and O–H groups in total. The standard InChI is InChI=1S/C31H38N2O6/c1-5-32-28(36)38-22-8-6-7-20(16-22)33-29(37)39-26-17-31(4)24(18(2)34)11-12-25(31)23-10-9-19-15-21(35)13-14-30(19,3)27(23)26/h6-10,15-16,23-27H,5,11-14,17H2,1-4H3,(H,32,36)(H,33,37)/t23-,24+,25-,26-,27-,30+,31+/m0/s1. The normalized spacial score (nSPS) is 34.6. The van der Waals surface area contributed by atoms with E-state index in [-0.39, 0.29) is 40.2 Å². The summed E-state index contributed by atoms with van der Waals surface area (Å²) >= 11 is 0. The third-order valence-electron chi connectivity index (χ3n) is 9.79. The number of fused-ring (bicyclic) bond motifs is 5. The molecule has 0 aliphatic heterocycles. The number of Topliss-reactive ketones (excluding diaryl/α,β-unsaturated/α-hetero) is 1. The van der Waals surface area contributed by atoms with Crippen LogP contribution in [-0.2, 0) is 14.3 Å². The number of allylic oxidation sites excluding steroid dienone is 4. The Labute approximate surface area is 229 Å². The minimum absolute atomic E-state index is 0.00351. The Morgan fingerprint density at radius 2 is 1.92 bits per heavy atom. The van der Waals surface area contributed by atoms with Crippen LogP contribution in [0.1, 0.15) is 59.8 Å². The Morgan fingerprint density at radius 3 is 2.67 bits per heavy atom. The second-order valence-corrected chi connectivity index (χ2v) is 12.0. The molecule has 8 heteroatoms. The highest BCUT2D eigenvalue weighted by molar-refractivity contribution is 5.92. The van der Waals surface area contributed by atoms with Gasteiger partial charge in [0.25, 0.3) is 0 Å². The molecular formula is C31H38N2O6. The van der Waals surface area contributed by atoms with Gasteiger partial charge >= 0.3 is 12.2 Å². The third-order valence-corrected chi connectivity index (χ3v) is 9.79. The van der Waals surface area contributed by atoms with E-state index in [0.29, 0.717) is 43.2 Å². The highest BCUT2D eigenvalue weighted by atomic mass is 16.6. The fourth-order valence-electron chi connectivity index (χ4n) is 8.08. The first-order valence-electron chi connectivity index (χ1n) is 14.0. The van der Waals surface area contributed by atoms with Crippen molar-refractivity contribution in [1.82, 2.24) is 5.32 Å². The van der Waals surface area contributed by atoms with E-state index in [4.69, 9.17) is 9.47 Å². The van der Waals surface area contributed by atoms with Crippen molar-refractivity contribution < 1.29 is 28.7 Å². The molecule has 0 radical (unpaired) electrons. The summed E-state index contributed by atoms with van der Waals surface area (Å²) < 4.78 is 11.5. The van der Waals surface area contributed by atoms with Crippen LogP contribution in [0.15, 0.2) is 48.1 Å². The topological polar surface area (TPSA) is 111 Å². The minimum atomic E-state index is -0.594. The molecule has 1 aromatic carbocycles. The number of ketones is 2. The summed E-state index contributed by atoms with van der Waals surface area (Å²) in [4.78, 5) is 50.1. The zero-order valence-corrected chi connectivity index (χ0v) is 23.1. The molecule has 1 aromatic rings. The number of benzene rings is 1. The van der Waals surface area contributed by atoms with E-state index in [1.807, 2.05) is 0 Å². The first kappa shape index (κ1) is 27.2. The Hall–Kier alpha value is -3.42. The van der Waals surface area contributed by atoms with Gasteiger partial charge < -0.3 is 14.8 Å². The molecule has 0 unspecified atom stereocenters. The third kappa shape index (κ3) is 4.90. The van der Waals surface area contributed by atoms with Gasteiger partial charge in [-0.2, -0.15) is 0 Å². The summed E-state index contributed by atoms with van der Waals surface area (Å²) in [5, 5.41) is 5.37. The van der Waals surface area contributed by atoms with Gasteiger partial charge in [-0.3, -0.25) is 14.9 Å². The number of anilines is 1. The maximum absolute atomic E-state index is 13.3. The Bertz CT molecular complexity index is 1250. The van der Waals surface area contributed by atoms with Crippen LogP contribution in [0.5, 0.6) is 5.75 Å². The number of hydrogen-bond donors (Lipinski definition) is 2. The number of carbonyl (C=O) groups excluding carboxylic acids is 4. The highest BCUT2D eigenvalue weighted by Crippen LogP contribution is 2.65. The molecule has 2 amide bonds. The van der Waals surface area contributed by atoms with Gasteiger partial charge in [-0.15, -0.1) is 0 Å². The highest BCUT2D eigenvalue weighted by Gasteiger charge is 2.63. The smallest absolute Gasteiger partial charge is 0.412 e. The summed E-state index contributed by atoms with van der Waals surface area (Å²) in [5.74, 6) is 1.03. The summed E-state index contributed by atoms with van der Waals surface area (Å²) in [6, 6.07) is 6.59. The van der Waals surface area contributed by atoms with Crippen LogP contribution in [-0.4, -0.2) is 36.4 Å². The molecule has 2 saturated carbocycles. The molecule has 7 atom stereocenters. The molecule has 2 fully saturated rings. The van der Waals surface area contributed by atoms with Gasteiger partial charge in [0.05, 0.1) is 0 Å². The molecule has 0 aromatic heterocycles. The van der Waals surface area contributed by atoms with Gasteiger partial charge in [0.15, 0.2) is 5.78 Å². The van der Waals surface area contributed by atoms with Crippen molar-refractivity contribution in [2.45, 2.75) is 65.9 Å². The monoisotopic (exact) mass is 534 g/mol. The van der Waals surface area contributed by atoms with Crippen molar-refractivity contribution in [3.8, 4) is 5.75 Å². The van der Waals surface area contributed by atoms with E-state index >= 15 is 0 Å². The largest absolute Gasteiger partial charge is 0.446 e. The van der Waals surface area contributed by atoms with Gasteiger partial charge in [-0.05, 0) is 86.0 Å². The SMILES string of the molecule is CCNC(=O)Oc1cccc(NC(=O)O[C@H]2C[C@]3(C)[C@@H](C(C)=O)CC[C@H]3[C@@H]3C=CC4=CC(=O)CC[C@@]4(C)[C@@H]32)c1. The van der Waals surface area contributed by atoms with Crippen molar-refractivity contribution in [1.29, 1.82) is 0 Å². The average Bonchev–Trinajstić information content (AvgIpc) is 3.21. The van der Waals surface area contributed by atoms with Crippen LogP contribution in [0.2, 0.25) is 0 Å². The van der Waals surface area contributed by atoms with Crippen molar-refractivity contribution in [2.24, 2.45) is 34.5 Å². The lowest BCUT2D eigenvalue weighted by Crippen LogP contribution is -2.57. The van der Waals surface area contributed by atoms with Crippen LogP contribution in [0.4, 0.5) is 15.3 Å². The molecule has 5 rings (SSSR count). The number of nitrogens with one attached hydrogen (secondary N) is 2. The van der Waals surface area contributed by atoms with E-state index < -0.39 is 18.3 Å². The second-order valence-electron chi connectivity index (χ2n) is 12.0. The van der Waals surface area contributed by atoms with E-state index in [2.05, 4.69) is 36.6 Å². The molecule has 0 heterocycles. The quantitative estimate of drug-likeness (QED) is 0.491.